The molecule has 0 atom stereocenters. The smallest absolute Gasteiger partial charge is 0.256 e. The second-order valence-electron chi connectivity index (χ2n) is 4.11. The molecule has 7 nitrogen and oxygen atoms in total. The summed E-state index contributed by atoms with van der Waals surface area (Å²) < 4.78 is 9.11. The van der Waals surface area contributed by atoms with Crippen molar-refractivity contribution < 1.29 is 4.74 Å². The minimum absolute atomic E-state index is 0.301. The fraction of sp³-hybridized carbons (Fsp3) is 0.273. The van der Waals surface area contributed by atoms with Gasteiger partial charge < -0.3 is 4.74 Å². The van der Waals surface area contributed by atoms with Gasteiger partial charge in [0.1, 0.15) is 17.2 Å². The Hall–Kier alpha value is -2.15. The number of aromatic nitrogens is 6. The Morgan fingerprint density at radius 2 is 2.11 bits per heavy atom. The van der Waals surface area contributed by atoms with Crippen molar-refractivity contribution in [2.24, 2.45) is 7.05 Å². The third-order valence-electron chi connectivity index (χ3n) is 2.84. The first-order valence-electron chi connectivity index (χ1n) is 5.60. The molecule has 3 aromatic rings. The van der Waals surface area contributed by atoms with Crippen LogP contribution in [0.2, 0.25) is 5.15 Å². The molecule has 0 bridgehead atoms. The summed E-state index contributed by atoms with van der Waals surface area (Å²) in [5.74, 6) is 1.52. The Balaban J connectivity index is 2.12. The van der Waals surface area contributed by atoms with Crippen LogP contribution in [0.3, 0.4) is 0 Å². The van der Waals surface area contributed by atoms with Crippen LogP contribution in [0.15, 0.2) is 12.4 Å². The predicted octanol–water partition coefficient (Wildman–Crippen LogP) is 1.92. The number of ether oxygens (including phenoxy) is 1. The van der Waals surface area contributed by atoms with Gasteiger partial charge in [-0.2, -0.15) is 24.7 Å². The number of hydrogen-bond acceptors (Lipinski definition) is 5. The summed E-state index contributed by atoms with van der Waals surface area (Å²) in [6.07, 6.45) is 1.40. The second-order valence-corrected chi connectivity index (χ2v) is 4.50. The molecule has 0 radical (unpaired) electrons. The predicted molar refractivity (Wildman–Crippen MR) is 68.5 cm³/mol. The number of nitrogens with zero attached hydrogens (tertiary/aromatic N) is 6. The molecule has 3 heterocycles. The molecule has 0 N–H and O–H groups in total. The van der Waals surface area contributed by atoms with Gasteiger partial charge in [0.05, 0.1) is 5.69 Å². The Kier molecular flexibility index (Phi) is 2.63. The molecule has 3 aromatic heterocycles. The van der Waals surface area contributed by atoms with E-state index in [0.29, 0.717) is 22.6 Å². The quantitative estimate of drug-likeness (QED) is 0.670. The maximum atomic E-state index is 5.94. The van der Waals surface area contributed by atoms with Crippen molar-refractivity contribution in [3.8, 4) is 11.6 Å². The monoisotopic (exact) mass is 278 g/mol. The molecule has 0 aliphatic carbocycles. The summed E-state index contributed by atoms with van der Waals surface area (Å²) in [5, 5.41) is 8.65. The number of hydrogen-bond donors (Lipinski definition) is 0. The van der Waals surface area contributed by atoms with Gasteiger partial charge >= 0.3 is 0 Å². The molecule has 0 unspecified atom stereocenters. The zero-order chi connectivity index (χ0) is 13.6. The van der Waals surface area contributed by atoms with E-state index >= 15 is 0 Å². The first-order chi connectivity index (χ1) is 9.06. The Bertz CT molecular complexity index is 762. The molecule has 0 saturated carbocycles. The molecular weight excluding hydrogens is 268 g/mol. The lowest BCUT2D eigenvalue weighted by atomic mass is 10.3. The number of fused-ring (bicyclic) bond motifs is 1. The van der Waals surface area contributed by atoms with Gasteiger partial charge in [0, 0.05) is 13.1 Å². The van der Waals surface area contributed by atoms with Crippen LogP contribution in [0.5, 0.6) is 11.6 Å². The van der Waals surface area contributed by atoms with Gasteiger partial charge in [-0.25, -0.2) is 0 Å². The first-order valence-corrected chi connectivity index (χ1v) is 5.98. The lowest BCUT2D eigenvalue weighted by Crippen LogP contribution is -1.99. The van der Waals surface area contributed by atoms with Crippen molar-refractivity contribution in [3.63, 3.8) is 0 Å². The summed E-state index contributed by atoms with van der Waals surface area (Å²) in [6.45, 7) is 3.81. The highest BCUT2D eigenvalue weighted by Gasteiger charge is 2.15. The van der Waals surface area contributed by atoms with E-state index in [9.17, 15) is 0 Å². The van der Waals surface area contributed by atoms with Gasteiger partial charge in [-0.3, -0.25) is 4.68 Å². The highest BCUT2D eigenvalue weighted by molar-refractivity contribution is 6.29. The summed E-state index contributed by atoms with van der Waals surface area (Å²) in [5.41, 5.74) is 1.71. The molecule has 0 amide bonds. The highest BCUT2D eigenvalue weighted by Crippen LogP contribution is 2.28. The van der Waals surface area contributed by atoms with Crippen LogP contribution >= 0.6 is 11.6 Å². The van der Waals surface area contributed by atoms with Crippen LogP contribution < -0.4 is 4.74 Å². The van der Waals surface area contributed by atoms with Crippen molar-refractivity contribution in [1.29, 1.82) is 0 Å². The van der Waals surface area contributed by atoms with E-state index in [1.54, 1.807) is 10.7 Å². The number of rotatable bonds is 2. The van der Waals surface area contributed by atoms with Gasteiger partial charge in [-0.05, 0) is 13.8 Å². The first kappa shape index (κ1) is 11.9. The number of halogens is 1. The molecule has 98 valence electrons. The largest absolute Gasteiger partial charge is 0.435 e. The maximum Gasteiger partial charge on any atom is 0.256 e. The molecule has 0 aliphatic heterocycles. The van der Waals surface area contributed by atoms with Gasteiger partial charge in [0.25, 0.3) is 5.78 Å². The summed E-state index contributed by atoms with van der Waals surface area (Å²) in [4.78, 5) is 8.03. The van der Waals surface area contributed by atoms with Crippen LogP contribution in [-0.2, 0) is 7.05 Å². The molecule has 0 spiro atoms. The van der Waals surface area contributed by atoms with Crippen molar-refractivity contribution in [1.82, 2.24) is 29.4 Å². The molecule has 0 fully saturated rings. The van der Waals surface area contributed by atoms with E-state index in [-0.39, 0.29) is 0 Å². The molecule has 0 saturated heterocycles. The second kappa shape index (κ2) is 4.20. The van der Waals surface area contributed by atoms with Crippen LogP contribution in [0.1, 0.15) is 11.4 Å². The SMILES string of the molecule is Cc1nn(C)c(C)c1Oc1cc(Cl)nc2ncnn12. The fourth-order valence-corrected chi connectivity index (χ4v) is 2.01. The van der Waals surface area contributed by atoms with Gasteiger partial charge in [-0.15, -0.1) is 0 Å². The van der Waals surface area contributed by atoms with Crippen molar-refractivity contribution in [2.75, 3.05) is 0 Å². The zero-order valence-corrected chi connectivity index (χ0v) is 11.4. The van der Waals surface area contributed by atoms with E-state index in [0.717, 1.165) is 11.4 Å². The Morgan fingerprint density at radius 3 is 2.79 bits per heavy atom. The van der Waals surface area contributed by atoms with E-state index in [1.165, 1.54) is 10.8 Å². The average Bonchev–Trinajstić information content (AvgIpc) is 2.90. The molecule has 0 aromatic carbocycles. The average molecular weight is 279 g/mol. The van der Waals surface area contributed by atoms with E-state index in [2.05, 4.69) is 20.2 Å². The molecule has 3 rings (SSSR count). The van der Waals surface area contributed by atoms with Crippen molar-refractivity contribution >= 4 is 17.4 Å². The molecule has 8 heteroatoms. The third-order valence-corrected chi connectivity index (χ3v) is 3.03. The molecule has 0 aliphatic rings. The number of aryl methyl sites for hydroxylation is 2. The summed E-state index contributed by atoms with van der Waals surface area (Å²) in [6, 6.07) is 1.59. The molecule has 19 heavy (non-hydrogen) atoms. The minimum Gasteiger partial charge on any atom is -0.435 e. The zero-order valence-electron chi connectivity index (χ0n) is 10.6. The standard InChI is InChI=1S/C11H11ClN6O/c1-6-10(7(2)17(3)16-6)19-9-4-8(12)15-11-13-5-14-18(9)11/h4-5H,1-3H3. The van der Waals surface area contributed by atoms with Crippen LogP contribution in [0.4, 0.5) is 0 Å². The Morgan fingerprint density at radius 1 is 1.32 bits per heavy atom. The van der Waals surface area contributed by atoms with Gasteiger partial charge in [-0.1, -0.05) is 11.6 Å². The maximum absolute atomic E-state index is 5.94. The topological polar surface area (TPSA) is 70.1 Å². The lowest BCUT2D eigenvalue weighted by molar-refractivity contribution is 0.439. The summed E-state index contributed by atoms with van der Waals surface area (Å²) in [7, 11) is 1.86. The van der Waals surface area contributed by atoms with Crippen molar-refractivity contribution in [2.45, 2.75) is 13.8 Å². The normalized spacial score (nSPS) is 11.2. The van der Waals surface area contributed by atoms with Gasteiger partial charge in [0.2, 0.25) is 5.88 Å². The van der Waals surface area contributed by atoms with E-state index in [1.807, 2.05) is 20.9 Å². The van der Waals surface area contributed by atoms with Crippen LogP contribution in [0.25, 0.3) is 5.78 Å². The summed E-state index contributed by atoms with van der Waals surface area (Å²) >= 11 is 5.94. The Labute approximate surface area is 113 Å². The molecular formula is C11H11ClN6O. The third kappa shape index (κ3) is 1.91. The van der Waals surface area contributed by atoms with Crippen molar-refractivity contribution in [3.05, 3.63) is 28.9 Å². The van der Waals surface area contributed by atoms with Crippen LogP contribution in [0, 0.1) is 13.8 Å². The van der Waals surface area contributed by atoms with Crippen LogP contribution in [-0.4, -0.2) is 29.4 Å². The van der Waals surface area contributed by atoms with Gasteiger partial charge in [0.15, 0.2) is 5.75 Å². The van der Waals surface area contributed by atoms with E-state index < -0.39 is 0 Å². The van der Waals surface area contributed by atoms with E-state index in [4.69, 9.17) is 16.3 Å². The fourth-order valence-electron chi connectivity index (χ4n) is 1.84. The highest BCUT2D eigenvalue weighted by atomic mass is 35.5. The minimum atomic E-state index is 0.301. The lowest BCUT2D eigenvalue weighted by Gasteiger charge is -2.07.